The molecule has 3 nitrogen and oxygen atoms in total. The van der Waals surface area contributed by atoms with E-state index >= 15 is 0 Å². The fourth-order valence-corrected chi connectivity index (χ4v) is 3.38. The van der Waals surface area contributed by atoms with Crippen molar-refractivity contribution in [1.29, 1.82) is 0 Å². The molecule has 0 aromatic heterocycles. The van der Waals surface area contributed by atoms with Crippen LogP contribution in [0.5, 0.6) is 0 Å². The number of ether oxygens (including phenoxy) is 1. The van der Waals surface area contributed by atoms with Crippen LogP contribution in [0, 0.1) is 0 Å². The molecule has 1 unspecified atom stereocenters. The minimum absolute atomic E-state index is 0.0382. The molecule has 0 radical (unpaired) electrons. The van der Waals surface area contributed by atoms with Gasteiger partial charge < -0.3 is 4.74 Å². The smallest absolute Gasteiger partial charge is 0.303 e. The van der Waals surface area contributed by atoms with E-state index in [2.05, 4.69) is 12.1 Å². The predicted molar refractivity (Wildman–Crippen MR) is 84.9 cm³/mol. The third kappa shape index (κ3) is 1.82. The number of hydrogen-bond donors (Lipinski definition) is 0. The van der Waals surface area contributed by atoms with Crippen LogP contribution in [0.15, 0.2) is 48.5 Å². The summed E-state index contributed by atoms with van der Waals surface area (Å²) in [6.45, 7) is 1.38. The zero-order valence-corrected chi connectivity index (χ0v) is 12.1. The molecule has 22 heavy (non-hydrogen) atoms. The summed E-state index contributed by atoms with van der Waals surface area (Å²) >= 11 is 0. The average molecular weight is 290 g/mol. The lowest BCUT2D eigenvalue weighted by molar-refractivity contribution is -0.146. The van der Waals surface area contributed by atoms with Crippen molar-refractivity contribution in [1.82, 2.24) is 0 Å². The van der Waals surface area contributed by atoms with Crippen molar-refractivity contribution >= 4 is 33.3 Å². The number of benzene rings is 3. The predicted octanol–water partition coefficient (Wildman–Crippen LogP) is 4.18. The quantitative estimate of drug-likeness (QED) is 0.498. The van der Waals surface area contributed by atoms with Gasteiger partial charge in [0.2, 0.25) is 0 Å². The minimum Gasteiger partial charge on any atom is -0.457 e. The number of carbonyl (C=O) groups is 2. The molecule has 1 aliphatic rings. The van der Waals surface area contributed by atoms with Crippen molar-refractivity contribution in [2.45, 2.75) is 19.4 Å². The average Bonchev–Trinajstić information content (AvgIpc) is 2.82. The molecule has 4 rings (SSSR count). The Kier molecular flexibility index (Phi) is 2.76. The van der Waals surface area contributed by atoms with Gasteiger partial charge in [0, 0.05) is 18.1 Å². The molecule has 0 fully saturated rings. The molecule has 0 bridgehead atoms. The van der Waals surface area contributed by atoms with Gasteiger partial charge in [-0.25, -0.2) is 0 Å². The number of ketones is 1. The Hall–Kier alpha value is -2.68. The van der Waals surface area contributed by atoms with E-state index in [1.54, 1.807) is 0 Å². The monoisotopic (exact) mass is 290 g/mol. The molecule has 3 aromatic carbocycles. The highest BCUT2D eigenvalue weighted by atomic mass is 16.5. The molecule has 0 aliphatic heterocycles. The Balaban J connectivity index is 2.05. The molecule has 1 atom stereocenters. The lowest BCUT2D eigenvalue weighted by Gasteiger charge is -2.14. The maximum atomic E-state index is 12.2. The van der Waals surface area contributed by atoms with Gasteiger partial charge in [-0.3, -0.25) is 9.59 Å². The van der Waals surface area contributed by atoms with Crippen LogP contribution in [0.3, 0.4) is 0 Å². The summed E-state index contributed by atoms with van der Waals surface area (Å²) in [4.78, 5) is 23.5. The van der Waals surface area contributed by atoms with Crippen molar-refractivity contribution in [3.05, 3.63) is 59.7 Å². The molecule has 1 aliphatic carbocycles. The first kappa shape index (κ1) is 13.0. The van der Waals surface area contributed by atoms with Crippen LogP contribution in [-0.4, -0.2) is 11.8 Å². The second kappa shape index (κ2) is 4.67. The van der Waals surface area contributed by atoms with E-state index in [4.69, 9.17) is 4.74 Å². The van der Waals surface area contributed by atoms with Crippen molar-refractivity contribution in [3.8, 4) is 0 Å². The van der Waals surface area contributed by atoms with E-state index in [9.17, 15) is 9.59 Å². The zero-order chi connectivity index (χ0) is 15.3. The number of esters is 1. The number of fused-ring (bicyclic) bond motifs is 5. The van der Waals surface area contributed by atoms with Gasteiger partial charge in [0.05, 0.1) is 6.42 Å². The first-order chi connectivity index (χ1) is 10.6. The molecule has 3 heteroatoms. The third-order valence-corrected chi connectivity index (χ3v) is 4.27. The van der Waals surface area contributed by atoms with E-state index < -0.39 is 6.10 Å². The largest absolute Gasteiger partial charge is 0.457 e. The SMILES string of the molecule is CC(=O)OC1CC(=O)c2ccc3c(ccc4ccccc43)c21. The first-order valence-electron chi connectivity index (χ1n) is 7.30. The van der Waals surface area contributed by atoms with E-state index in [0.717, 1.165) is 27.1 Å². The molecule has 0 saturated heterocycles. The van der Waals surface area contributed by atoms with Crippen LogP contribution in [0.1, 0.15) is 35.4 Å². The normalized spacial score (nSPS) is 17.0. The maximum absolute atomic E-state index is 12.2. The summed E-state index contributed by atoms with van der Waals surface area (Å²) in [6, 6.07) is 16.1. The van der Waals surface area contributed by atoms with Crippen molar-refractivity contribution in [2.24, 2.45) is 0 Å². The van der Waals surface area contributed by atoms with Crippen LogP contribution in [0.25, 0.3) is 21.5 Å². The van der Waals surface area contributed by atoms with Crippen molar-refractivity contribution in [2.75, 3.05) is 0 Å². The third-order valence-electron chi connectivity index (χ3n) is 4.27. The van der Waals surface area contributed by atoms with E-state index in [1.807, 2.05) is 36.4 Å². The fourth-order valence-electron chi connectivity index (χ4n) is 3.38. The number of Topliss-reactive ketones (excluding diaryl/α,β-unsaturated/α-hetero) is 1. The highest BCUT2D eigenvalue weighted by Crippen LogP contribution is 2.40. The Labute approximate surface area is 127 Å². The molecule has 0 saturated carbocycles. The van der Waals surface area contributed by atoms with Crippen LogP contribution in [-0.2, 0) is 9.53 Å². The van der Waals surface area contributed by atoms with Crippen molar-refractivity contribution < 1.29 is 14.3 Å². The summed E-state index contributed by atoms with van der Waals surface area (Å²) < 4.78 is 5.37. The van der Waals surface area contributed by atoms with Gasteiger partial charge in [-0.15, -0.1) is 0 Å². The Morgan fingerprint density at radius 2 is 1.77 bits per heavy atom. The van der Waals surface area contributed by atoms with Gasteiger partial charge in [-0.1, -0.05) is 48.5 Å². The summed E-state index contributed by atoms with van der Waals surface area (Å²) in [6.07, 6.45) is -0.231. The molecule has 108 valence electrons. The maximum Gasteiger partial charge on any atom is 0.303 e. The highest BCUT2D eigenvalue weighted by Gasteiger charge is 2.33. The van der Waals surface area contributed by atoms with Crippen LogP contribution < -0.4 is 0 Å². The first-order valence-corrected chi connectivity index (χ1v) is 7.30. The summed E-state index contributed by atoms with van der Waals surface area (Å²) in [5.41, 5.74) is 1.53. The number of hydrogen-bond acceptors (Lipinski definition) is 3. The Morgan fingerprint density at radius 1 is 1.00 bits per heavy atom. The van der Waals surface area contributed by atoms with Gasteiger partial charge in [0.15, 0.2) is 5.78 Å². The van der Waals surface area contributed by atoms with Gasteiger partial charge in [0.1, 0.15) is 6.10 Å². The fraction of sp³-hybridized carbons (Fsp3) is 0.158. The molecule has 0 N–H and O–H groups in total. The lowest BCUT2D eigenvalue weighted by Crippen LogP contribution is -2.06. The van der Waals surface area contributed by atoms with Crippen LogP contribution >= 0.6 is 0 Å². The minimum atomic E-state index is -0.468. The summed E-state index contributed by atoms with van der Waals surface area (Å²) in [5, 5.41) is 4.38. The summed E-state index contributed by atoms with van der Waals surface area (Å²) in [7, 11) is 0. The van der Waals surface area contributed by atoms with Gasteiger partial charge in [-0.2, -0.15) is 0 Å². The molecular weight excluding hydrogens is 276 g/mol. The van der Waals surface area contributed by atoms with Crippen LogP contribution in [0.4, 0.5) is 0 Å². The van der Waals surface area contributed by atoms with Gasteiger partial charge in [0.25, 0.3) is 0 Å². The molecule has 0 heterocycles. The van der Waals surface area contributed by atoms with Gasteiger partial charge >= 0.3 is 5.97 Å². The lowest BCUT2D eigenvalue weighted by atomic mass is 9.95. The molecular formula is C19H14O3. The highest BCUT2D eigenvalue weighted by molar-refractivity contribution is 6.13. The van der Waals surface area contributed by atoms with E-state index in [-0.39, 0.29) is 18.2 Å². The van der Waals surface area contributed by atoms with Crippen LogP contribution in [0.2, 0.25) is 0 Å². The Bertz CT molecular complexity index is 938. The topological polar surface area (TPSA) is 43.4 Å². The number of rotatable bonds is 1. The Morgan fingerprint density at radius 3 is 2.59 bits per heavy atom. The van der Waals surface area contributed by atoms with Crippen molar-refractivity contribution in [3.63, 3.8) is 0 Å². The molecule has 0 spiro atoms. The zero-order valence-electron chi connectivity index (χ0n) is 12.1. The van der Waals surface area contributed by atoms with E-state index in [1.165, 1.54) is 6.92 Å². The van der Waals surface area contributed by atoms with Gasteiger partial charge in [-0.05, 0) is 21.5 Å². The molecule has 3 aromatic rings. The summed E-state index contributed by atoms with van der Waals surface area (Å²) in [5.74, 6) is -0.320. The second-order valence-corrected chi connectivity index (χ2v) is 5.63. The number of carbonyl (C=O) groups excluding carboxylic acids is 2. The molecule has 0 amide bonds. The second-order valence-electron chi connectivity index (χ2n) is 5.63. The standard InChI is InChI=1S/C19H14O3/c1-11(20)22-18-10-17(21)16-9-8-14-13-5-3-2-4-12(13)6-7-15(14)19(16)18/h2-9,18H,10H2,1H3. The van der Waals surface area contributed by atoms with E-state index in [0.29, 0.717) is 5.56 Å².